The smallest absolute Gasteiger partial charge is 0.354 e. The minimum absolute atomic E-state index is 0.0427. The predicted molar refractivity (Wildman–Crippen MR) is 59.9 cm³/mol. The largest absolute Gasteiger partial charge is 0.433 e. The lowest BCUT2D eigenvalue weighted by atomic mass is 10.4. The fraction of sp³-hybridized carbons (Fsp3) is 0.556. The highest BCUT2D eigenvalue weighted by atomic mass is 32.2. The molecule has 0 aromatic carbocycles. The van der Waals surface area contributed by atoms with Gasteiger partial charge in [0.1, 0.15) is 15.5 Å². The summed E-state index contributed by atoms with van der Waals surface area (Å²) in [6.07, 6.45) is -2.16. The van der Waals surface area contributed by atoms with E-state index in [9.17, 15) is 21.6 Å². The predicted octanol–water partition coefficient (Wildman–Crippen LogP) is 1.34. The molecule has 0 spiro atoms. The van der Waals surface area contributed by atoms with Gasteiger partial charge in [-0.3, -0.25) is 0 Å². The van der Waals surface area contributed by atoms with Crippen molar-refractivity contribution in [1.29, 1.82) is 0 Å². The summed E-state index contributed by atoms with van der Waals surface area (Å²) in [5.41, 5.74) is -1.04. The van der Waals surface area contributed by atoms with Crippen LogP contribution in [0.1, 0.15) is 12.1 Å². The molecule has 0 saturated heterocycles. The van der Waals surface area contributed by atoms with Crippen molar-refractivity contribution in [2.24, 2.45) is 0 Å². The molecule has 0 aliphatic heterocycles. The van der Waals surface area contributed by atoms with E-state index in [0.29, 0.717) is 0 Å². The van der Waals surface area contributed by atoms with Crippen molar-refractivity contribution in [3.63, 3.8) is 0 Å². The number of rotatable bonds is 5. The number of aromatic nitrogens is 2. The van der Waals surface area contributed by atoms with Gasteiger partial charge < -0.3 is 5.32 Å². The second-order valence-corrected chi connectivity index (χ2v) is 5.93. The summed E-state index contributed by atoms with van der Waals surface area (Å²) in [5.74, 6) is -0.211. The molecule has 0 amide bonds. The van der Waals surface area contributed by atoms with Crippen LogP contribution in [0.3, 0.4) is 0 Å². The van der Waals surface area contributed by atoms with Crippen molar-refractivity contribution < 1.29 is 21.6 Å². The Bertz CT molecular complexity index is 502. The SMILES string of the molecule is CS(=O)(=O)CCCNc1nccc(C(F)(F)F)n1. The van der Waals surface area contributed by atoms with Crippen molar-refractivity contribution in [2.75, 3.05) is 23.9 Å². The topological polar surface area (TPSA) is 72.0 Å². The molecule has 5 nitrogen and oxygen atoms in total. The molecule has 1 heterocycles. The van der Waals surface area contributed by atoms with Gasteiger partial charge in [-0.2, -0.15) is 13.2 Å². The Morgan fingerprint density at radius 1 is 1.39 bits per heavy atom. The van der Waals surface area contributed by atoms with E-state index >= 15 is 0 Å². The molecule has 9 heteroatoms. The van der Waals surface area contributed by atoms with Crippen molar-refractivity contribution in [1.82, 2.24) is 9.97 Å². The van der Waals surface area contributed by atoms with E-state index in [2.05, 4.69) is 15.3 Å². The number of nitrogens with one attached hydrogen (secondary N) is 1. The molecule has 1 aromatic heterocycles. The maximum atomic E-state index is 12.3. The minimum atomic E-state index is -4.52. The van der Waals surface area contributed by atoms with Crippen molar-refractivity contribution >= 4 is 15.8 Å². The lowest BCUT2D eigenvalue weighted by Crippen LogP contribution is -2.14. The zero-order valence-electron chi connectivity index (χ0n) is 9.53. The number of alkyl halides is 3. The third-order valence-electron chi connectivity index (χ3n) is 1.92. The molecule has 102 valence electrons. The van der Waals surface area contributed by atoms with E-state index in [1.54, 1.807) is 0 Å². The molecule has 0 atom stereocenters. The van der Waals surface area contributed by atoms with Gasteiger partial charge in [-0.15, -0.1) is 0 Å². The fourth-order valence-electron chi connectivity index (χ4n) is 1.14. The number of halogens is 3. The van der Waals surface area contributed by atoms with Crippen molar-refractivity contribution in [3.8, 4) is 0 Å². The Morgan fingerprint density at radius 3 is 2.61 bits per heavy atom. The van der Waals surface area contributed by atoms with Gasteiger partial charge in [0.25, 0.3) is 0 Å². The molecular weight excluding hydrogens is 271 g/mol. The van der Waals surface area contributed by atoms with Gasteiger partial charge in [0.05, 0.1) is 5.75 Å². The number of sulfone groups is 1. The van der Waals surface area contributed by atoms with Crippen LogP contribution in [-0.4, -0.2) is 36.9 Å². The van der Waals surface area contributed by atoms with Gasteiger partial charge >= 0.3 is 6.18 Å². The molecule has 0 unspecified atom stereocenters. The second kappa shape index (κ2) is 5.51. The summed E-state index contributed by atoms with van der Waals surface area (Å²) in [6, 6.07) is 0.766. The van der Waals surface area contributed by atoms with E-state index < -0.39 is 21.7 Å². The first-order chi connectivity index (χ1) is 8.18. The Kier molecular flexibility index (Phi) is 4.49. The highest BCUT2D eigenvalue weighted by Crippen LogP contribution is 2.27. The molecular formula is C9H12F3N3O2S. The summed E-state index contributed by atoms with van der Waals surface area (Å²) in [4.78, 5) is 6.90. The third-order valence-corrected chi connectivity index (χ3v) is 2.95. The Morgan fingerprint density at radius 2 is 2.06 bits per heavy atom. The molecule has 0 radical (unpaired) electrons. The summed E-state index contributed by atoms with van der Waals surface area (Å²) in [6.45, 7) is 0.189. The van der Waals surface area contributed by atoms with Gasteiger partial charge in [0.2, 0.25) is 5.95 Å². The molecule has 1 aromatic rings. The molecule has 0 aliphatic rings. The summed E-state index contributed by atoms with van der Waals surface area (Å²) >= 11 is 0. The van der Waals surface area contributed by atoms with Gasteiger partial charge in [-0.1, -0.05) is 0 Å². The molecule has 0 saturated carbocycles. The zero-order chi connectivity index (χ0) is 13.8. The monoisotopic (exact) mass is 283 g/mol. The number of nitrogens with zero attached hydrogens (tertiary/aromatic N) is 2. The Hall–Kier alpha value is -1.38. The highest BCUT2D eigenvalue weighted by molar-refractivity contribution is 7.90. The molecule has 0 aliphatic carbocycles. The average Bonchev–Trinajstić information content (AvgIpc) is 2.22. The van der Waals surface area contributed by atoms with Crippen LogP contribution in [0.5, 0.6) is 0 Å². The van der Waals surface area contributed by atoms with Crippen LogP contribution in [0, 0.1) is 0 Å². The van der Waals surface area contributed by atoms with E-state index in [1.165, 1.54) is 0 Å². The van der Waals surface area contributed by atoms with Crippen LogP contribution in [0.15, 0.2) is 12.3 Å². The first-order valence-electron chi connectivity index (χ1n) is 5.00. The number of hydrogen-bond donors (Lipinski definition) is 1. The van der Waals surface area contributed by atoms with Crippen LogP contribution >= 0.6 is 0 Å². The maximum Gasteiger partial charge on any atom is 0.433 e. The Balaban J connectivity index is 2.53. The molecule has 1 rings (SSSR count). The van der Waals surface area contributed by atoms with Crippen LogP contribution in [0.2, 0.25) is 0 Å². The third kappa shape index (κ3) is 5.30. The van der Waals surface area contributed by atoms with Crippen molar-refractivity contribution in [3.05, 3.63) is 18.0 Å². The summed E-state index contributed by atoms with van der Waals surface area (Å²) in [7, 11) is -3.07. The van der Waals surface area contributed by atoms with E-state index in [4.69, 9.17) is 0 Å². The first-order valence-corrected chi connectivity index (χ1v) is 7.06. The van der Waals surface area contributed by atoms with Crippen molar-refractivity contribution in [2.45, 2.75) is 12.6 Å². The highest BCUT2D eigenvalue weighted by Gasteiger charge is 2.32. The lowest BCUT2D eigenvalue weighted by molar-refractivity contribution is -0.141. The second-order valence-electron chi connectivity index (χ2n) is 3.67. The van der Waals surface area contributed by atoms with E-state index in [0.717, 1.165) is 18.5 Å². The zero-order valence-corrected chi connectivity index (χ0v) is 10.3. The molecule has 1 N–H and O–H groups in total. The number of hydrogen-bond acceptors (Lipinski definition) is 5. The van der Waals surface area contributed by atoms with Crippen LogP contribution in [0.25, 0.3) is 0 Å². The maximum absolute atomic E-state index is 12.3. The van der Waals surface area contributed by atoms with Gasteiger partial charge in [0, 0.05) is 19.0 Å². The minimum Gasteiger partial charge on any atom is -0.354 e. The van der Waals surface area contributed by atoms with E-state index in [1.807, 2.05) is 0 Å². The van der Waals surface area contributed by atoms with Crippen LogP contribution in [0.4, 0.5) is 19.1 Å². The Labute approximate surface area is 102 Å². The summed E-state index contributed by atoms with van der Waals surface area (Å²) in [5, 5.41) is 2.54. The quantitative estimate of drug-likeness (QED) is 0.826. The fourth-order valence-corrected chi connectivity index (χ4v) is 1.81. The molecule has 0 fully saturated rings. The standard InChI is InChI=1S/C9H12F3N3O2S/c1-18(16,17)6-2-4-13-8-14-5-3-7(15-8)9(10,11)12/h3,5H,2,4,6H2,1H3,(H,13,14,15). The van der Waals surface area contributed by atoms with Gasteiger partial charge in [-0.25, -0.2) is 18.4 Å². The van der Waals surface area contributed by atoms with Crippen LogP contribution in [-0.2, 0) is 16.0 Å². The summed E-state index contributed by atoms with van der Waals surface area (Å²) < 4.78 is 58.6. The lowest BCUT2D eigenvalue weighted by Gasteiger charge is -2.08. The molecule has 18 heavy (non-hydrogen) atoms. The van der Waals surface area contributed by atoms with Gasteiger partial charge in [0.15, 0.2) is 0 Å². The normalized spacial score (nSPS) is 12.4. The average molecular weight is 283 g/mol. The van der Waals surface area contributed by atoms with Gasteiger partial charge in [-0.05, 0) is 12.5 Å². The van der Waals surface area contributed by atoms with Crippen LogP contribution < -0.4 is 5.32 Å². The first kappa shape index (κ1) is 14.7. The number of anilines is 1. The molecule has 0 bridgehead atoms. The van der Waals surface area contributed by atoms with E-state index in [-0.39, 0.29) is 24.7 Å².